The molecule has 1 aromatic carbocycles. The van der Waals surface area contributed by atoms with Crippen molar-refractivity contribution in [2.75, 3.05) is 6.61 Å². The van der Waals surface area contributed by atoms with Gasteiger partial charge in [0.05, 0.1) is 6.61 Å². The minimum absolute atomic E-state index is 0.0433. The summed E-state index contributed by atoms with van der Waals surface area (Å²) in [6.07, 6.45) is 1.05. The van der Waals surface area contributed by atoms with Crippen molar-refractivity contribution in [2.24, 2.45) is 5.92 Å². The molecule has 1 aliphatic rings. The monoisotopic (exact) mass is 196 g/mol. The Kier molecular flexibility index (Phi) is 2.09. The zero-order chi connectivity index (χ0) is 9.47. The maximum atomic E-state index is 9.35. The first-order chi connectivity index (χ1) is 6.20. The highest BCUT2D eigenvalue weighted by molar-refractivity contribution is 6.31. The van der Waals surface area contributed by atoms with Crippen LogP contribution in [0.5, 0.6) is 0 Å². The van der Waals surface area contributed by atoms with E-state index in [-0.39, 0.29) is 12.0 Å². The summed E-state index contributed by atoms with van der Waals surface area (Å²) in [5, 5.41) is 10.1. The molecule has 1 aliphatic carbocycles. The van der Waals surface area contributed by atoms with E-state index in [1.165, 1.54) is 0 Å². The minimum atomic E-state index is -0.0433. The van der Waals surface area contributed by atoms with Gasteiger partial charge in [0.15, 0.2) is 0 Å². The Morgan fingerprint density at radius 2 is 2.15 bits per heavy atom. The topological polar surface area (TPSA) is 20.2 Å². The Balaban J connectivity index is 2.41. The Morgan fingerprint density at radius 3 is 2.62 bits per heavy atom. The summed E-state index contributed by atoms with van der Waals surface area (Å²) in [5.41, 5.74) is 1.06. The van der Waals surface area contributed by atoms with Crippen LogP contribution < -0.4 is 0 Å². The molecule has 0 amide bonds. The van der Waals surface area contributed by atoms with Gasteiger partial charge in [-0.1, -0.05) is 36.7 Å². The Hall–Kier alpha value is -0.530. The molecular weight excluding hydrogens is 184 g/mol. The molecule has 0 saturated heterocycles. The van der Waals surface area contributed by atoms with Gasteiger partial charge in [-0.3, -0.25) is 0 Å². The van der Waals surface area contributed by atoms with Gasteiger partial charge < -0.3 is 5.11 Å². The molecular formula is C11H13ClO. The fourth-order valence-electron chi connectivity index (χ4n) is 2.03. The molecule has 1 nitrogen and oxygen atoms in total. The van der Waals surface area contributed by atoms with Crippen molar-refractivity contribution in [3.05, 3.63) is 34.9 Å². The number of aliphatic hydroxyl groups excluding tert-OH is 1. The van der Waals surface area contributed by atoms with Crippen molar-refractivity contribution >= 4 is 11.6 Å². The lowest BCUT2D eigenvalue weighted by molar-refractivity contribution is 0.247. The lowest BCUT2D eigenvalue weighted by atomic mass is 9.94. The van der Waals surface area contributed by atoms with Crippen molar-refractivity contribution in [1.29, 1.82) is 0 Å². The van der Waals surface area contributed by atoms with Crippen molar-refractivity contribution in [2.45, 2.75) is 18.8 Å². The minimum Gasteiger partial charge on any atom is -0.395 e. The third kappa shape index (κ3) is 1.27. The van der Waals surface area contributed by atoms with Gasteiger partial charge >= 0.3 is 0 Å². The van der Waals surface area contributed by atoms with E-state index in [4.69, 9.17) is 11.6 Å². The largest absolute Gasteiger partial charge is 0.395 e. The molecule has 2 rings (SSSR count). The predicted molar refractivity (Wildman–Crippen MR) is 54.0 cm³/mol. The van der Waals surface area contributed by atoms with Crippen LogP contribution in [-0.2, 0) is 5.41 Å². The first-order valence-electron chi connectivity index (χ1n) is 4.56. The zero-order valence-corrected chi connectivity index (χ0v) is 8.38. The molecule has 0 heterocycles. The van der Waals surface area contributed by atoms with Gasteiger partial charge in [-0.05, 0) is 24.0 Å². The Bertz CT molecular complexity index is 320. The lowest BCUT2D eigenvalue weighted by Crippen LogP contribution is -2.15. The van der Waals surface area contributed by atoms with Crippen LogP contribution in [0.3, 0.4) is 0 Å². The van der Waals surface area contributed by atoms with Gasteiger partial charge in [0.2, 0.25) is 0 Å². The van der Waals surface area contributed by atoms with E-state index in [9.17, 15) is 5.11 Å². The number of hydrogen-bond acceptors (Lipinski definition) is 1. The van der Waals surface area contributed by atoms with E-state index >= 15 is 0 Å². The smallest absolute Gasteiger partial charge is 0.0531 e. The zero-order valence-electron chi connectivity index (χ0n) is 7.63. The molecule has 0 aromatic heterocycles. The fourth-order valence-corrected chi connectivity index (χ4v) is 2.36. The molecule has 0 unspecified atom stereocenters. The summed E-state index contributed by atoms with van der Waals surface area (Å²) in [4.78, 5) is 0. The first kappa shape index (κ1) is 9.04. The van der Waals surface area contributed by atoms with Gasteiger partial charge in [0, 0.05) is 10.4 Å². The van der Waals surface area contributed by atoms with Crippen LogP contribution in [0.25, 0.3) is 0 Å². The number of aliphatic hydroxyl groups is 1. The second kappa shape index (κ2) is 3.00. The number of rotatable bonds is 2. The lowest BCUT2D eigenvalue weighted by Gasteiger charge is -2.15. The quantitative estimate of drug-likeness (QED) is 0.771. The number of halogens is 1. The van der Waals surface area contributed by atoms with Crippen molar-refractivity contribution in [3.63, 3.8) is 0 Å². The van der Waals surface area contributed by atoms with Gasteiger partial charge in [-0.25, -0.2) is 0 Å². The van der Waals surface area contributed by atoms with Crippen LogP contribution in [0.2, 0.25) is 5.02 Å². The highest BCUT2D eigenvalue weighted by Crippen LogP contribution is 2.55. The highest BCUT2D eigenvalue weighted by atomic mass is 35.5. The molecule has 13 heavy (non-hydrogen) atoms. The van der Waals surface area contributed by atoms with Crippen LogP contribution in [-0.4, -0.2) is 11.7 Å². The predicted octanol–water partition coefficient (Wildman–Crippen LogP) is 2.61. The van der Waals surface area contributed by atoms with Gasteiger partial charge in [-0.2, -0.15) is 0 Å². The van der Waals surface area contributed by atoms with E-state index < -0.39 is 0 Å². The molecule has 1 fully saturated rings. The van der Waals surface area contributed by atoms with Crippen LogP contribution >= 0.6 is 11.6 Å². The SMILES string of the molecule is C[C@H]1C[C@]1(CO)c1ccccc1Cl. The molecule has 0 aliphatic heterocycles. The molecule has 70 valence electrons. The Labute approximate surface area is 83.3 Å². The van der Waals surface area contributed by atoms with Gasteiger partial charge in [0.25, 0.3) is 0 Å². The molecule has 1 saturated carbocycles. The molecule has 0 bridgehead atoms. The van der Waals surface area contributed by atoms with E-state index in [1.54, 1.807) is 0 Å². The molecule has 0 spiro atoms. The molecule has 2 heteroatoms. The highest BCUT2D eigenvalue weighted by Gasteiger charge is 2.52. The van der Waals surface area contributed by atoms with E-state index in [2.05, 4.69) is 6.92 Å². The third-order valence-electron chi connectivity index (χ3n) is 3.15. The number of benzene rings is 1. The molecule has 1 aromatic rings. The van der Waals surface area contributed by atoms with Crippen molar-refractivity contribution in [3.8, 4) is 0 Å². The summed E-state index contributed by atoms with van der Waals surface area (Å²) in [6.45, 7) is 2.36. The average Bonchev–Trinajstić information content (AvgIpc) is 2.79. The number of hydrogen-bond donors (Lipinski definition) is 1. The summed E-state index contributed by atoms with van der Waals surface area (Å²) in [7, 11) is 0. The normalized spacial score (nSPS) is 31.8. The van der Waals surface area contributed by atoms with Crippen LogP contribution in [0.15, 0.2) is 24.3 Å². The average molecular weight is 197 g/mol. The summed E-state index contributed by atoms with van der Waals surface area (Å²) >= 11 is 6.08. The van der Waals surface area contributed by atoms with Gasteiger partial charge in [-0.15, -0.1) is 0 Å². The second-order valence-electron chi connectivity index (χ2n) is 3.90. The standard InChI is InChI=1S/C11H13ClO/c1-8-6-11(8,7-13)9-4-2-3-5-10(9)12/h2-5,8,13H,6-7H2,1H3/t8-,11+/m0/s1. The van der Waals surface area contributed by atoms with Crippen molar-refractivity contribution < 1.29 is 5.11 Å². The fraction of sp³-hybridized carbons (Fsp3) is 0.455. The van der Waals surface area contributed by atoms with Crippen LogP contribution in [0.4, 0.5) is 0 Å². The molecule has 0 radical (unpaired) electrons. The van der Waals surface area contributed by atoms with E-state index in [0.717, 1.165) is 17.0 Å². The van der Waals surface area contributed by atoms with E-state index in [1.807, 2.05) is 24.3 Å². The van der Waals surface area contributed by atoms with Crippen molar-refractivity contribution in [1.82, 2.24) is 0 Å². The second-order valence-corrected chi connectivity index (χ2v) is 4.31. The maximum Gasteiger partial charge on any atom is 0.0531 e. The molecule has 2 atom stereocenters. The van der Waals surface area contributed by atoms with Gasteiger partial charge in [0.1, 0.15) is 0 Å². The van der Waals surface area contributed by atoms with Crippen LogP contribution in [0.1, 0.15) is 18.9 Å². The maximum absolute atomic E-state index is 9.35. The summed E-state index contributed by atoms with van der Waals surface area (Å²) in [5.74, 6) is 0.553. The third-order valence-corrected chi connectivity index (χ3v) is 3.48. The first-order valence-corrected chi connectivity index (χ1v) is 4.94. The Morgan fingerprint density at radius 1 is 1.54 bits per heavy atom. The van der Waals surface area contributed by atoms with E-state index in [0.29, 0.717) is 5.92 Å². The summed E-state index contributed by atoms with van der Waals surface area (Å²) in [6, 6.07) is 7.80. The molecule has 1 N–H and O–H groups in total. The summed E-state index contributed by atoms with van der Waals surface area (Å²) < 4.78 is 0. The van der Waals surface area contributed by atoms with Crippen LogP contribution in [0, 0.1) is 5.92 Å².